The van der Waals surface area contributed by atoms with Crippen LogP contribution < -0.4 is 0 Å². The van der Waals surface area contributed by atoms with Crippen LogP contribution in [0, 0.1) is 20.8 Å². The summed E-state index contributed by atoms with van der Waals surface area (Å²) in [5.74, 6) is 0.174. The summed E-state index contributed by atoms with van der Waals surface area (Å²) in [5, 5.41) is 0. The lowest BCUT2D eigenvalue weighted by atomic mass is 9.86. The summed E-state index contributed by atoms with van der Waals surface area (Å²) in [7, 11) is 3.47. The van der Waals surface area contributed by atoms with Gasteiger partial charge in [0, 0.05) is 72.5 Å². The Morgan fingerprint density at radius 1 is 0.878 bits per heavy atom. The Bertz CT molecular complexity index is 1890. The number of fused-ring (bicyclic) bond motifs is 8. The molecule has 1 amide bonds. The van der Waals surface area contributed by atoms with E-state index in [1.165, 1.54) is 5.57 Å². The Kier molecular flexibility index (Phi) is 11.9. The lowest BCUT2D eigenvalue weighted by Crippen LogP contribution is -2.30. The van der Waals surface area contributed by atoms with Gasteiger partial charge >= 0.3 is 0 Å². The maximum atomic E-state index is 13.3. The second-order valence-corrected chi connectivity index (χ2v) is 13.2. The average molecular weight is 670 g/mol. The van der Waals surface area contributed by atoms with Crippen LogP contribution in [0.4, 0.5) is 0 Å². The van der Waals surface area contributed by atoms with Crippen molar-refractivity contribution in [3.63, 3.8) is 0 Å². The molecule has 0 saturated carbocycles. The van der Waals surface area contributed by atoms with Gasteiger partial charge in [0.2, 0.25) is 5.91 Å². The molecule has 3 aromatic heterocycles. The van der Waals surface area contributed by atoms with Crippen molar-refractivity contribution in [2.75, 3.05) is 53.7 Å². The second kappa shape index (κ2) is 16.1. The number of nitrogens with zero attached hydrogens (tertiary/aromatic N) is 3. The van der Waals surface area contributed by atoms with E-state index in [-0.39, 0.29) is 17.7 Å². The number of amides is 1. The van der Waals surface area contributed by atoms with Crippen molar-refractivity contribution in [1.29, 1.82) is 0 Å². The monoisotopic (exact) mass is 669 g/mol. The van der Waals surface area contributed by atoms with E-state index < -0.39 is 0 Å². The van der Waals surface area contributed by atoms with Crippen LogP contribution in [0.5, 0.6) is 0 Å². The van der Waals surface area contributed by atoms with Crippen LogP contribution >= 0.6 is 0 Å². The Hall–Kier alpha value is -4.12. The van der Waals surface area contributed by atoms with Crippen LogP contribution in [0.1, 0.15) is 102 Å². The number of allylic oxidation sites excluding steroid dienone is 2. The molecule has 5 rings (SSSR count). The largest absolute Gasteiger partial charge is 0.382 e. The van der Waals surface area contributed by atoms with E-state index in [9.17, 15) is 9.59 Å². The molecule has 2 atom stereocenters. The standard InChI is InChI=1S/C39H51N5O5/c1-9-28-24(3)34-21-37-30(22-45)26(5)33(42-37)20-35-25(4)29(10-11-38(46)44(7)12-13-48-16-17-49-15-14-47-8)39(43-35)27(6)32-18-23(2)31(40-32)19-36(28)41-34/h18-22,25,29,40,42H,9-17H2,1-8H3/t25?,29-/m0/s1. The molecule has 0 aromatic carbocycles. The smallest absolute Gasteiger partial charge is 0.222 e. The van der Waals surface area contributed by atoms with Crippen LogP contribution in [0.2, 0.25) is 0 Å². The minimum absolute atomic E-state index is 0.0379. The topological polar surface area (TPSA) is 122 Å². The van der Waals surface area contributed by atoms with Crippen molar-refractivity contribution in [3.8, 4) is 0 Å². The second-order valence-electron chi connectivity index (χ2n) is 13.2. The van der Waals surface area contributed by atoms with E-state index >= 15 is 0 Å². The van der Waals surface area contributed by atoms with Gasteiger partial charge in [-0.25, -0.2) is 4.98 Å². The number of rotatable bonds is 14. The first kappa shape index (κ1) is 36.2. The van der Waals surface area contributed by atoms with Crippen LogP contribution in [0.15, 0.2) is 24.3 Å². The Balaban J connectivity index is 1.49. The van der Waals surface area contributed by atoms with Crippen LogP contribution in [0.3, 0.4) is 0 Å². The molecular formula is C39H51N5O5. The lowest BCUT2D eigenvalue weighted by Gasteiger charge is -2.20. The molecular weight excluding hydrogens is 618 g/mol. The number of nitrogens with one attached hydrogen (secondary N) is 2. The van der Waals surface area contributed by atoms with Gasteiger partial charge in [-0.3, -0.25) is 14.6 Å². The number of ether oxygens (including phenoxy) is 3. The first-order chi connectivity index (χ1) is 23.6. The molecule has 49 heavy (non-hydrogen) atoms. The zero-order chi connectivity index (χ0) is 35.2. The number of hydrogen-bond acceptors (Lipinski definition) is 7. The number of aldehydes is 1. The number of aromatic amines is 2. The maximum Gasteiger partial charge on any atom is 0.222 e. The van der Waals surface area contributed by atoms with E-state index in [4.69, 9.17) is 24.2 Å². The predicted molar refractivity (Wildman–Crippen MR) is 195 cm³/mol. The fourth-order valence-electron chi connectivity index (χ4n) is 6.82. The number of hydrogen-bond donors (Lipinski definition) is 2. The maximum absolute atomic E-state index is 13.3. The zero-order valence-electron chi connectivity index (χ0n) is 30.3. The normalized spacial score (nSPS) is 16.0. The molecule has 8 bridgehead atoms. The highest BCUT2D eigenvalue weighted by Crippen LogP contribution is 2.42. The molecule has 262 valence electrons. The van der Waals surface area contributed by atoms with Gasteiger partial charge < -0.3 is 29.1 Å². The molecule has 10 nitrogen and oxygen atoms in total. The van der Waals surface area contributed by atoms with Crippen LogP contribution in [0.25, 0.3) is 33.2 Å². The number of likely N-dealkylation sites (N-methyl/N-ethyl adjacent to an activating group) is 1. The molecule has 10 heteroatoms. The fraction of sp³-hybridized carbons (Fsp3) is 0.487. The molecule has 0 spiro atoms. The molecule has 0 saturated heterocycles. The van der Waals surface area contributed by atoms with Gasteiger partial charge in [-0.05, 0) is 92.6 Å². The number of aromatic nitrogens is 4. The third-order valence-electron chi connectivity index (χ3n) is 10.1. The van der Waals surface area contributed by atoms with Gasteiger partial charge in [0.25, 0.3) is 0 Å². The molecule has 1 unspecified atom stereocenters. The van der Waals surface area contributed by atoms with Crippen molar-refractivity contribution in [1.82, 2.24) is 24.8 Å². The van der Waals surface area contributed by atoms with E-state index in [2.05, 4.69) is 62.8 Å². The molecule has 0 aliphatic carbocycles. The third kappa shape index (κ3) is 7.87. The van der Waals surface area contributed by atoms with Crippen LogP contribution in [-0.4, -0.2) is 90.8 Å². The summed E-state index contributed by atoms with van der Waals surface area (Å²) in [6, 6.07) is 8.36. The highest BCUT2D eigenvalue weighted by atomic mass is 16.5. The van der Waals surface area contributed by atoms with E-state index in [0.29, 0.717) is 58.0 Å². The minimum atomic E-state index is 0.0379. The summed E-state index contributed by atoms with van der Waals surface area (Å²) in [4.78, 5) is 44.8. The van der Waals surface area contributed by atoms with Crippen molar-refractivity contribution < 1.29 is 23.8 Å². The van der Waals surface area contributed by atoms with Gasteiger partial charge in [-0.1, -0.05) is 13.8 Å². The first-order valence-corrected chi connectivity index (χ1v) is 17.3. The van der Waals surface area contributed by atoms with E-state index in [1.54, 1.807) is 12.0 Å². The van der Waals surface area contributed by atoms with E-state index in [1.807, 2.05) is 20.0 Å². The zero-order valence-corrected chi connectivity index (χ0v) is 30.3. The number of carbonyl (C=O) groups is 2. The number of H-pyrrole nitrogens is 2. The van der Waals surface area contributed by atoms with Crippen LogP contribution in [-0.2, 0) is 19.0 Å². The lowest BCUT2D eigenvalue weighted by molar-refractivity contribution is -0.130. The molecule has 5 heterocycles. The highest BCUT2D eigenvalue weighted by Gasteiger charge is 2.31. The number of aryl methyl sites for hydroxylation is 3. The Labute approximate surface area is 289 Å². The van der Waals surface area contributed by atoms with Gasteiger partial charge in [0.1, 0.15) is 0 Å². The summed E-state index contributed by atoms with van der Waals surface area (Å²) in [5.41, 5.74) is 13.3. The Morgan fingerprint density at radius 3 is 2.27 bits per heavy atom. The van der Waals surface area contributed by atoms with Gasteiger partial charge in [0.15, 0.2) is 6.29 Å². The highest BCUT2D eigenvalue weighted by molar-refractivity contribution is 5.96. The summed E-state index contributed by atoms with van der Waals surface area (Å²) >= 11 is 0. The predicted octanol–water partition coefficient (Wildman–Crippen LogP) is 7.20. The summed E-state index contributed by atoms with van der Waals surface area (Å²) < 4.78 is 16.1. The molecule has 0 fully saturated rings. The molecule has 3 aromatic rings. The number of carbonyl (C=O) groups excluding carboxylic acids is 2. The average Bonchev–Trinajstić information content (AvgIpc) is 3.79. The SMILES string of the molecule is CCC1=C(C)c2cc3[nH]c(cc4nc(c(C)c5cc(C)c(cc1n2)[nH]5)[C@@H](CCC(=O)N(C)CCOCCOCCOC)C4C)c(C)c3C=O. The molecule has 2 aliphatic heterocycles. The van der Waals surface area contributed by atoms with E-state index in [0.717, 1.165) is 79.8 Å². The van der Waals surface area contributed by atoms with Crippen molar-refractivity contribution >= 4 is 45.4 Å². The third-order valence-corrected chi connectivity index (χ3v) is 10.1. The summed E-state index contributed by atoms with van der Waals surface area (Å²) in [6.07, 6.45) is 2.82. The fourth-order valence-corrected chi connectivity index (χ4v) is 6.82. The van der Waals surface area contributed by atoms with Gasteiger partial charge in [-0.15, -0.1) is 0 Å². The van der Waals surface area contributed by atoms with Crippen molar-refractivity contribution in [2.45, 2.75) is 72.6 Å². The van der Waals surface area contributed by atoms with Gasteiger partial charge in [0.05, 0.1) is 49.9 Å². The molecule has 2 aliphatic rings. The number of methoxy groups -OCH3 is 1. The molecule has 0 radical (unpaired) electrons. The van der Waals surface area contributed by atoms with Crippen molar-refractivity contribution in [2.24, 2.45) is 0 Å². The minimum Gasteiger partial charge on any atom is -0.382 e. The summed E-state index contributed by atoms with van der Waals surface area (Å²) in [6.45, 7) is 15.6. The first-order valence-electron chi connectivity index (χ1n) is 17.3. The quantitative estimate of drug-likeness (QED) is 0.138. The van der Waals surface area contributed by atoms with Gasteiger partial charge in [-0.2, -0.15) is 0 Å². The molecule has 2 N–H and O–H groups in total. The van der Waals surface area contributed by atoms with Crippen molar-refractivity contribution in [3.05, 3.63) is 69.3 Å². The Morgan fingerprint density at radius 2 is 1.55 bits per heavy atom.